The van der Waals surface area contributed by atoms with E-state index < -0.39 is 0 Å². The molecule has 0 unspecified atom stereocenters. The minimum absolute atomic E-state index is 0.189. The van der Waals surface area contributed by atoms with Crippen LogP contribution in [0.5, 0.6) is 0 Å². The Morgan fingerprint density at radius 2 is 1.59 bits per heavy atom. The summed E-state index contributed by atoms with van der Waals surface area (Å²) in [7, 11) is 11.7. The topological polar surface area (TPSA) is 103 Å². The van der Waals surface area contributed by atoms with Crippen LogP contribution in [0.25, 0.3) is 10.9 Å². The summed E-state index contributed by atoms with van der Waals surface area (Å²) < 4.78 is 2.06. The molecule has 0 atom stereocenters. The van der Waals surface area contributed by atoms with Crippen molar-refractivity contribution in [2.75, 3.05) is 65.1 Å². The predicted octanol–water partition coefficient (Wildman–Crippen LogP) is 4.51. The number of pyridine rings is 1. The van der Waals surface area contributed by atoms with Gasteiger partial charge in [0.2, 0.25) is 6.41 Å². The van der Waals surface area contributed by atoms with Gasteiger partial charge < -0.3 is 34.7 Å². The van der Waals surface area contributed by atoms with Crippen molar-refractivity contribution in [3.05, 3.63) is 84.2 Å². The van der Waals surface area contributed by atoms with E-state index in [0.29, 0.717) is 23.7 Å². The molecule has 2 aromatic carbocycles. The second-order valence-corrected chi connectivity index (χ2v) is 11.2. The number of nitrogens with one attached hydrogen (secondary N) is 2. The van der Waals surface area contributed by atoms with Crippen molar-refractivity contribution in [3.8, 4) is 0 Å². The second kappa shape index (κ2) is 16.9. The van der Waals surface area contributed by atoms with Crippen molar-refractivity contribution in [2.24, 2.45) is 7.05 Å². The number of piperidine rings is 1. The Hall–Kier alpha value is -4.54. The lowest BCUT2D eigenvalue weighted by Gasteiger charge is -2.29. The van der Waals surface area contributed by atoms with Gasteiger partial charge in [-0.3, -0.25) is 9.59 Å². The SMILES string of the molecule is CN(C)C.CN1CCC(c2ccc(C(=O)Nc3cc(N(CC=O)c4ccc5c(ccn5C)c4)ccn3)cc2)CC1.CNC=O. The number of amides is 2. The fourth-order valence-electron chi connectivity index (χ4n) is 4.96. The fourth-order valence-corrected chi connectivity index (χ4v) is 4.96. The van der Waals surface area contributed by atoms with Gasteiger partial charge in [0.15, 0.2) is 0 Å². The molecule has 3 heterocycles. The number of aldehydes is 1. The third-order valence-corrected chi connectivity index (χ3v) is 7.22. The quantitative estimate of drug-likeness (QED) is 0.287. The van der Waals surface area contributed by atoms with E-state index in [1.165, 1.54) is 5.56 Å². The van der Waals surface area contributed by atoms with Crippen molar-refractivity contribution in [3.63, 3.8) is 0 Å². The summed E-state index contributed by atoms with van der Waals surface area (Å²) in [4.78, 5) is 44.1. The smallest absolute Gasteiger partial charge is 0.256 e. The largest absolute Gasteiger partial charge is 0.362 e. The Kier molecular flexibility index (Phi) is 13.1. The van der Waals surface area contributed by atoms with Crippen LogP contribution in [0.2, 0.25) is 0 Å². The molecular formula is C34H45N7O3. The number of hydrogen-bond acceptors (Lipinski definition) is 7. The third-order valence-electron chi connectivity index (χ3n) is 7.22. The number of anilines is 3. The fraction of sp³-hybridized carbons (Fsp3) is 0.353. The number of carbonyl (C=O) groups is 3. The van der Waals surface area contributed by atoms with Gasteiger partial charge in [0.25, 0.3) is 5.91 Å². The molecule has 10 nitrogen and oxygen atoms in total. The minimum Gasteiger partial charge on any atom is -0.362 e. The summed E-state index contributed by atoms with van der Waals surface area (Å²) in [5.41, 5.74) is 4.68. The summed E-state index contributed by atoms with van der Waals surface area (Å²) in [6, 6.07) is 19.7. The Bertz CT molecular complexity index is 1490. The van der Waals surface area contributed by atoms with Crippen molar-refractivity contribution >= 4 is 46.7 Å². The van der Waals surface area contributed by atoms with Crippen LogP contribution in [0.15, 0.2) is 73.1 Å². The van der Waals surface area contributed by atoms with Crippen LogP contribution in [-0.2, 0) is 16.6 Å². The lowest BCUT2D eigenvalue weighted by atomic mass is 9.89. The molecule has 1 aliphatic rings. The molecule has 1 saturated heterocycles. The average Bonchev–Trinajstić information content (AvgIpc) is 3.40. The maximum Gasteiger partial charge on any atom is 0.256 e. The average molecular weight is 600 g/mol. The van der Waals surface area contributed by atoms with E-state index in [1.807, 2.05) is 80.6 Å². The second-order valence-electron chi connectivity index (χ2n) is 11.2. The highest BCUT2D eigenvalue weighted by molar-refractivity contribution is 6.04. The van der Waals surface area contributed by atoms with Gasteiger partial charge in [-0.15, -0.1) is 0 Å². The molecule has 1 fully saturated rings. The van der Waals surface area contributed by atoms with E-state index in [1.54, 1.807) is 19.3 Å². The highest BCUT2D eigenvalue weighted by atomic mass is 16.1. The normalized spacial score (nSPS) is 13.2. The minimum atomic E-state index is -0.206. The molecule has 44 heavy (non-hydrogen) atoms. The molecule has 10 heteroatoms. The number of carbonyl (C=O) groups excluding carboxylic acids is 3. The molecule has 2 amide bonds. The first-order valence-corrected chi connectivity index (χ1v) is 14.7. The van der Waals surface area contributed by atoms with E-state index in [2.05, 4.69) is 50.3 Å². The van der Waals surface area contributed by atoms with Crippen molar-refractivity contribution in [2.45, 2.75) is 18.8 Å². The number of likely N-dealkylation sites (tertiary alicyclic amines) is 1. The van der Waals surface area contributed by atoms with Gasteiger partial charge in [-0.2, -0.15) is 0 Å². The maximum absolute atomic E-state index is 12.9. The number of hydrogen-bond donors (Lipinski definition) is 2. The number of nitrogens with zero attached hydrogens (tertiary/aromatic N) is 5. The summed E-state index contributed by atoms with van der Waals surface area (Å²) >= 11 is 0. The molecule has 2 aromatic heterocycles. The summed E-state index contributed by atoms with van der Waals surface area (Å²) in [6.07, 6.45) is 7.45. The van der Waals surface area contributed by atoms with Gasteiger partial charge in [-0.05, 0) is 108 Å². The Morgan fingerprint density at radius 1 is 0.955 bits per heavy atom. The summed E-state index contributed by atoms with van der Waals surface area (Å²) in [5, 5.41) is 6.25. The zero-order chi connectivity index (χ0) is 32.1. The van der Waals surface area contributed by atoms with E-state index in [0.717, 1.165) is 54.5 Å². The van der Waals surface area contributed by atoms with E-state index in [-0.39, 0.29) is 12.5 Å². The molecule has 1 aliphatic heterocycles. The van der Waals surface area contributed by atoms with E-state index >= 15 is 0 Å². The first kappa shape index (κ1) is 34.0. The molecule has 0 radical (unpaired) electrons. The molecule has 0 aliphatic carbocycles. The number of aromatic nitrogens is 2. The monoisotopic (exact) mass is 599 g/mol. The molecule has 2 N–H and O–H groups in total. The van der Waals surface area contributed by atoms with Crippen LogP contribution in [0, 0.1) is 0 Å². The first-order chi connectivity index (χ1) is 21.2. The summed E-state index contributed by atoms with van der Waals surface area (Å²) in [5.74, 6) is 0.784. The Labute approximate surface area is 260 Å². The molecule has 0 saturated carbocycles. The van der Waals surface area contributed by atoms with Crippen LogP contribution < -0.4 is 15.5 Å². The highest BCUT2D eigenvalue weighted by Gasteiger charge is 2.19. The van der Waals surface area contributed by atoms with E-state index in [9.17, 15) is 9.59 Å². The van der Waals surface area contributed by atoms with Gasteiger partial charge in [-0.25, -0.2) is 4.98 Å². The van der Waals surface area contributed by atoms with Crippen LogP contribution in [-0.4, -0.2) is 92.8 Å². The molecule has 0 bridgehead atoms. The number of aryl methyl sites for hydroxylation is 1. The Balaban J connectivity index is 0.000000592. The highest BCUT2D eigenvalue weighted by Crippen LogP contribution is 2.30. The zero-order valence-electron chi connectivity index (χ0n) is 26.7. The number of benzene rings is 2. The van der Waals surface area contributed by atoms with Crippen molar-refractivity contribution < 1.29 is 14.4 Å². The van der Waals surface area contributed by atoms with Gasteiger partial charge in [0.05, 0.1) is 6.54 Å². The Morgan fingerprint density at radius 3 is 2.20 bits per heavy atom. The van der Waals surface area contributed by atoms with Crippen LogP contribution >= 0.6 is 0 Å². The molecule has 5 rings (SSSR count). The van der Waals surface area contributed by atoms with Crippen molar-refractivity contribution in [1.29, 1.82) is 0 Å². The molecular weight excluding hydrogens is 554 g/mol. The summed E-state index contributed by atoms with van der Waals surface area (Å²) in [6.45, 7) is 2.40. The van der Waals surface area contributed by atoms with Crippen LogP contribution in [0.3, 0.4) is 0 Å². The third kappa shape index (κ3) is 9.75. The lowest BCUT2D eigenvalue weighted by molar-refractivity contribution is -0.109. The first-order valence-electron chi connectivity index (χ1n) is 14.7. The van der Waals surface area contributed by atoms with Gasteiger partial charge in [0, 0.05) is 60.4 Å². The van der Waals surface area contributed by atoms with Gasteiger partial charge in [-0.1, -0.05) is 12.1 Å². The molecule has 0 spiro atoms. The van der Waals surface area contributed by atoms with Crippen molar-refractivity contribution in [1.82, 2.24) is 24.7 Å². The zero-order valence-corrected chi connectivity index (χ0v) is 26.7. The lowest BCUT2D eigenvalue weighted by Crippen LogP contribution is -2.29. The van der Waals surface area contributed by atoms with Crippen LogP contribution in [0.4, 0.5) is 17.2 Å². The van der Waals surface area contributed by atoms with Gasteiger partial charge >= 0.3 is 0 Å². The molecule has 4 aromatic rings. The van der Waals surface area contributed by atoms with E-state index in [4.69, 9.17) is 4.79 Å². The number of fused-ring (bicyclic) bond motifs is 1. The van der Waals surface area contributed by atoms with Crippen LogP contribution in [0.1, 0.15) is 34.7 Å². The number of rotatable bonds is 8. The maximum atomic E-state index is 12.9. The van der Waals surface area contributed by atoms with Gasteiger partial charge in [0.1, 0.15) is 12.1 Å². The standard InChI is InChI=1S/C29H31N5O2.C3H9N.C2H5NO/c1-32-14-10-22(11-15-32)21-3-5-23(6-4-21)29(36)31-28-20-26(9-13-30-28)34(17-18-35)25-7-8-27-24(19-25)12-16-33(27)2;1-4(2)3;1-3-2-4/h3-9,12-13,16,18-20,22H,10-11,14-15,17H2,1-2H3,(H,30,31,36);1-3H3;2H,1H3,(H,3,4). The molecule has 234 valence electrons. The predicted molar refractivity (Wildman–Crippen MR) is 179 cm³/mol.